The minimum absolute atomic E-state index is 0.0554. The highest BCUT2D eigenvalue weighted by Gasteiger charge is 2.33. The molecule has 8 nitrogen and oxygen atoms in total. The van der Waals surface area contributed by atoms with E-state index in [1.807, 2.05) is 47.2 Å². The van der Waals surface area contributed by atoms with Crippen LogP contribution in [0.15, 0.2) is 60.9 Å². The van der Waals surface area contributed by atoms with Crippen molar-refractivity contribution < 1.29 is 23.8 Å². The first-order chi connectivity index (χ1) is 17.4. The molecule has 1 aliphatic heterocycles. The number of aromatic nitrogens is 3. The predicted molar refractivity (Wildman–Crippen MR) is 132 cm³/mol. The molecule has 1 aliphatic rings. The molecule has 0 aliphatic carbocycles. The first kappa shape index (κ1) is 23.2. The van der Waals surface area contributed by atoms with Crippen LogP contribution in [0.3, 0.4) is 0 Å². The number of nitrogens with zero attached hydrogens (tertiary/aromatic N) is 4. The van der Waals surface area contributed by atoms with Crippen molar-refractivity contribution in [2.45, 2.75) is 19.0 Å². The van der Waals surface area contributed by atoms with Gasteiger partial charge >= 0.3 is 5.97 Å². The summed E-state index contributed by atoms with van der Waals surface area (Å²) in [4.78, 5) is 35.3. The summed E-state index contributed by atoms with van der Waals surface area (Å²) in [7, 11) is 1.36. The van der Waals surface area contributed by atoms with Crippen molar-refractivity contribution in [3.05, 3.63) is 89.3 Å². The van der Waals surface area contributed by atoms with Gasteiger partial charge in [-0.25, -0.2) is 14.4 Å². The molecule has 1 amide bonds. The summed E-state index contributed by atoms with van der Waals surface area (Å²) < 4.78 is 21.2. The first-order valence-corrected chi connectivity index (χ1v) is 11.4. The fourth-order valence-corrected chi connectivity index (χ4v) is 4.46. The lowest BCUT2D eigenvalue weighted by molar-refractivity contribution is -0.138. The number of carboxylic acids is 1. The quantitative estimate of drug-likeness (QED) is 0.415. The Morgan fingerprint density at radius 2 is 2.06 bits per heavy atom. The van der Waals surface area contributed by atoms with Gasteiger partial charge in [-0.3, -0.25) is 9.59 Å². The van der Waals surface area contributed by atoms with Gasteiger partial charge in [0, 0.05) is 30.9 Å². The maximum Gasteiger partial charge on any atom is 0.305 e. The molecule has 3 aromatic heterocycles. The van der Waals surface area contributed by atoms with Crippen molar-refractivity contribution in [3.63, 3.8) is 0 Å². The number of benzene rings is 1. The van der Waals surface area contributed by atoms with E-state index < -0.39 is 17.8 Å². The number of carbonyl (C=O) groups is 2. The fourth-order valence-electron chi connectivity index (χ4n) is 4.46. The third-order valence-electron chi connectivity index (χ3n) is 6.22. The van der Waals surface area contributed by atoms with E-state index in [1.54, 1.807) is 18.3 Å². The van der Waals surface area contributed by atoms with Crippen LogP contribution in [-0.4, -0.2) is 50.1 Å². The van der Waals surface area contributed by atoms with E-state index in [-0.39, 0.29) is 18.1 Å². The molecule has 0 saturated carbocycles. The summed E-state index contributed by atoms with van der Waals surface area (Å²) in [6.45, 7) is 0.787. The molecule has 0 bridgehead atoms. The fraction of sp³-hybridized carbons (Fsp3) is 0.185. The minimum atomic E-state index is -1.08. The van der Waals surface area contributed by atoms with Crippen LogP contribution in [0.4, 0.5) is 4.39 Å². The van der Waals surface area contributed by atoms with Gasteiger partial charge in [0.15, 0.2) is 17.2 Å². The molecule has 4 aromatic rings. The number of aliphatic carboxylic acids is 1. The number of ether oxygens (including phenoxy) is 1. The normalized spacial score (nSPS) is 14.3. The number of hydrogen-bond acceptors (Lipinski definition) is 5. The molecular weight excluding hydrogens is 463 g/mol. The smallest absolute Gasteiger partial charge is 0.305 e. The van der Waals surface area contributed by atoms with Gasteiger partial charge in [-0.1, -0.05) is 12.1 Å². The topological polar surface area (TPSA) is 97.6 Å². The molecule has 1 unspecified atom stereocenters. The van der Waals surface area contributed by atoms with Crippen molar-refractivity contribution >= 4 is 35.1 Å². The number of amides is 1. The van der Waals surface area contributed by atoms with Crippen LogP contribution < -0.4 is 4.74 Å². The van der Waals surface area contributed by atoms with E-state index in [9.17, 15) is 19.1 Å². The van der Waals surface area contributed by atoms with Gasteiger partial charge in [0.05, 0.1) is 25.3 Å². The van der Waals surface area contributed by atoms with Crippen molar-refractivity contribution in [1.82, 2.24) is 19.4 Å². The van der Waals surface area contributed by atoms with Crippen LogP contribution in [-0.2, 0) is 11.3 Å². The standard InChI is InChI=1S/C27H23FN4O4/c1-36-24-9-6-19(14-21(24)28)22(15-25(33)34)32-12-11-31-16-17(13-23(31)27(32)35)4-7-20-8-5-18-3-2-10-29-26(18)30-20/h2-10,13-14,16,22H,11-12,15H2,1H3,(H,33,34)/b7-4+. The number of halogens is 1. The van der Waals surface area contributed by atoms with E-state index in [1.165, 1.54) is 24.1 Å². The van der Waals surface area contributed by atoms with Crippen LogP contribution in [0, 0.1) is 5.82 Å². The molecule has 0 saturated heterocycles. The van der Waals surface area contributed by atoms with Crippen LogP contribution in [0.25, 0.3) is 23.2 Å². The molecule has 1 aromatic carbocycles. The van der Waals surface area contributed by atoms with Gasteiger partial charge in [-0.05, 0) is 59.7 Å². The summed E-state index contributed by atoms with van der Waals surface area (Å²) in [6, 6.07) is 12.9. The Hall–Kier alpha value is -4.53. The van der Waals surface area contributed by atoms with Crippen LogP contribution in [0.2, 0.25) is 0 Å². The minimum Gasteiger partial charge on any atom is -0.494 e. The molecule has 5 rings (SSSR count). The Labute approximate surface area is 206 Å². The summed E-state index contributed by atoms with van der Waals surface area (Å²) in [5.74, 6) is -1.94. The summed E-state index contributed by atoms with van der Waals surface area (Å²) in [6.07, 6.45) is 6.95. The molecule has 1 N–H and O–H groups in total. The maximum atomic E-state index is 14.4. The second kappa shape index (κ2) is 9.61. The molecule has 0 spiro atoms. The number of pyridine rings is 2. The third kappa shape index (κ3) is 4.55. The van der Waals surface area contributed by atoms with Gasteiger partial charge in [0.2, 0.25) is 0 Å². The third-order valence-corrected chi connectivity index (χ3v) is 6.22. The summed E-state index contributed by atoms with van der Waals surface area (Å²) in [5, 5.41) is 10.4. The number of methoxy groups -OCH3 is 1. The largest absolute Gasteiger partial charge is 0.494 e. The van der Waals surface area contributed by atoms with Crippen molar-refractivity contribution in [3.8, 4) is 5.75 Å². The van der Waals surface area contributed by atoms with Crippen LogP contribution >= 0.6 is 0 Å². The predicted octanol–water partition coefficient (Wildman–Crippen LogP) is 4.42. The number of carbonyl (C=O) groups excluding carboxylic acids is 1. The molecule has 0 fully saturated rings. The van der Waals surface area contributed by atoms with E-state index in [2.05, 4.69) is 9.97 Å². The van der Waals surface area contributed by atoms with E-state index in [0.29, 0.717) is 30.0 Å². The van der Waals surface area contributed by atoms with Crippen LogP contribution in [0.1, 0.15) is 39.8 Å². The average Bonchev–Trinajstić information content (AvgIpc) is 3.30. The average molecular weight is 487 g/mol. The zero-order chi connectivity index (χ0) is 25.2. The molecule has 182 valence electrons. The highest BCUT2D eigenvalue weighted by molar-refractivity contribution is 5.95. The van der Waals surface area contributed by atoms with Gasteiger partial charge < -0.3 is 19.3 Å². The van der Waals surface area contributed by atoms with Crippen molar-refractivity contribution in [2.75, 3.05) is 13.7 Å². The summed E-state index contributed by atoms with van der Waals surface area (Å²) >= 11 is 0. The van der Waals surface area contributed by atoms with E-state index in [0.717, 1.165) is 16.6 Å². The molecule has 0 radical (unpaired) electrons. The monoisotopic (exact) mass is 486 g/mol. The van der Waals surface area contributed by atoms with Crippen molar-refractivity contribution in [1.29, 1.82) is 0 Å². The second-order valence-electron chi connectivity index (χ2n) is 8.48. The summed E-state index contributed by atoms with van der Waals surface area (Å²) in [5.41, 5.74) is 3.05. The molecule has 1 atom stereocenters. The lowest BCUT2D eigenvalue weighted by atomic mass is 10.00. The maximum absolute atomic E-state index is 14.4. The zero-order valence-corrected chi connectivity index (χ0v) is 19.5. The lowest BCUT2D eigenvalue weighted by Crippen LogP contribution is -2.43. The Balaban J connectivity index is 1.40. The number of carboxylic acid groups (broad SMARTS) is 1. The Kier molecular flexibility index (Phi) is 6.20. The molecule has 4 heterocycles. The SMILES string of the molecule is COc1ccc(C(CC(=O)O)N2CCn3cc(/C=C/c4ccc5cccnc5n4)cc3C2=O)cc1F. The number of hydrogen-bond donors (Lipinski definition) is 1. The van der Waals surface area contributed by atoms with Crippen LogP contribution in [0.5, 0.6) is 5.75 Å². The van der Waals surface area contributed by atoms with Gasteiger partial charge in [-0.2, -0.15) is 0 Å². The molecule has 36 heavy (non-hydrogen) atoms. The number of fused-ring (bicyclic) bond motifs is 2. The highest BCUT2D eigenvalue weighted by atomic mass is 19.1. The Morgan fingerprint density at radius 3 is 2.83 bits per heavy atom. The van der Waals surface area contributed by atoms with Gasteiger partial charge in [0.25, 0.3) is 5.91 Å². The Morgan fingerprint density at radius 1 is 1.19 bits per heavy atom. The van der Waals surface area contributed by atoms with Gasteiger partial charge in [-0.15, -0.1) is 0 Å². The number of rotatable bonds is 7. The molecule has 9 heteroatoms. The van der Waals surface area contributed by atoms with E-state index >= 15 is 0 Å². The molecular formula is C27H23FN4O4. The van der Waals surface area contributed by atoms with Gasteiger partial charge in [0.1, 0.15) is 5.69 Å². The highest BCUT2D eigenvalue weighted by Crippen LogP contribution is 2.32. The lowest BCUT2D eigenvalue weighted by Gasteiger charge is -2.35. The first-order valence-electron chi connectivity index (χ1n) is 11.4. The Bertz CT molecular complexity index is 1500. The second-order valence-corrected chi connectivity index (χ2v) is 8.48. The zero-order valence-electron chi connectivity index (χ0n) is 19.5. The van der Waals surface area contributed by atoms with Crippen molar-refractivity contribution in [2.24, 2.45) is 0 Å². The van der Waals surface area contributed by atoms with E-state index in [4.69, 9.17) is 4.74 Å².